The number of fused-ring (bicyclic) bond motifs is 3. The molecule has 4 aromatic rings. The number of benzene rings is 2. The average Bonchev–Trinajstić information content (AvgIpc) is 3.11. The third-order valence-corrected chi connectivity index (χ3v) is 5.10. The van der Waals surface area contributed by atoms with E-state index in [-0.39, 0.29) is 28.1 Å². The van der Waals surface area contributed by atoms with Crippen LogP contribution in [0.15, 0.2) is 53.3 Å². The molecule has 0 saturated carbocycles. The predicted octanol–water partition coefficient (Wildman–Crippen LogP) is 3.76. The second-order valence-corrected chi connectivity index (χ2v) is 7.17. The van der Waals surface area contributed by atoms with Crippen molar-refractivity contribution in [3.05, 3.63) is 70.1 Å². The first-order valence-electron chi connectivity index (χ1n) is 9.70. The van der Waals surface area contributed by atoms with E-state index in [0.29, 0.717) is 22.6 Å². The normalized spacial score (nSPS) is 11.9. The number of rotatable bonds is 5. The van der Waals surface area contributed by atoms with Gasteiger partial charge in [-0.1, -0.05) is 30.3 Å². The molecule has 32 heavy (non-hydrogen) atoms. The Hall–Kier alpha value is -3.66. The van der Waals surface area contributed by atoms with Crippen LogP contribution in [0.1, 0.15) is 16.1 Å². The number of ether oxygens (including phenoxy) is 1. The highest BCUT2D eigenvalue weighted by Gasteiger charge is 2.41. The number of imidazole rings is 1. The van der Waals surface area contributed by atoms with Crippen molar-refractivity contribution in [3.63, 3.8) is 0 Å². The number of halogens is 3. The Kier molecular flexibility index (Phi) is 5.47. The lowest BCUT2D eigenvalue weighted by Crippen LogP contribution is -2.44. The Morgan fingerprint density at radius 1 is 1.19 bits per heavy atom. The summed E-state index contributed by atoms with van der Waals surface area (Å²) in [5.41, 5.74) is 1.60. The molecule has 0 unspecified atom stereocenters. The number of amides is 1. The van der Waals surface area contributed by atoms with Crippen molar-refractivity contribution in [1.29, 1.82) is 0 Å². The van der Waals surface area contributed by atoms with Gasteiger partial charge in [0.15, 0.2) is 0 Å². The first-order chi connectivity index (χ1) is 15.2. The summed E-state index contributed by atoms with van der Waals surface area (Å²) >= 11 is 0. The molecular formula is C22H19F3N4O3. The number of aromatic amines is 1. The van der Waals surface area contributed by atoms with Gasteiger partial charge in [0.05, 0.1) is 29.9 Å². The number of nitrogens with one attached hydrogen (secondary N) is 1. The molecule has 0 spiro atoms. The molecule has 0 saturated heterocycles. The number of H-pyrrole nitrogens is 1. The van der Waals surface area contributed by atoms with Gasteiger partial charge in [0.25, 0.3) is 11.5 Å². The van der Waals surface area contributed by atoms with Gasteiger partial charge < -0.3 is 9.72 Å². The lowest BCUT2D eigenvalue weighted by Gasteiger charge is -2.24. The van der Waals surface area contributed by atoms with Gasteiger partial charge in [0.1, 0.15) is 11.3 Å². The number of alkyl halides is 3. The minimum Gasteiger partial charge on any atom is -0.383 e. The van der Waals surface area contributed by atoms with Gasteiger partial charge in [0, 0.05) is 18.2 Å². The van der Waals surface area contributed by atoms with E-state index in [1.807, 2.05) is 30.3 Å². The van der Waals surface area contributed by atoms with E-state index in [9.17, 15) is 22.8 Å². The number of carbonyl (C=O) groups is 1. The molecule has 2 aromatic carbocycles. The van der Waals surface area contributed by atoms with Gasteiger partial charge in [-0.2, -0.15) is 0 Å². The van der Waals surface area contributed by atoms with Gasteiger partial charge >= 0.3 is 6.30 Å². The van der Waals surface area contributed by atoms with E-state index >= 15 is 0 Å². The van der Waals surface area contributed by atoms with Gasteiger partial charge in [-0.25, -0.2) is 9.88 Å². The van der Waals surface area contributed by atoms with Gasteiger partial charge in [-0.3, -0.25) is 14.0 Å². The third kappa shape index (κ3) is 3.73. The maximum Gasteiger partial charge on any atom is 0.487 e. The second-order valence-electron chi connectivity index (χ2n) is 7.17. The third-order valence-electron chi connectivity index (χ3n) is 5.10. The van der Waals surface area contributed by atoms with Crippen molar-refractivity contribution in [2.24, 2.45) is 0 Å². The van der Waals surface area contributed by atoms with Crippen LogP contribution in [0.25, 0.3) is 27.9 Å². The number of aryl methyl sites for hydroxylation is 1. The average molecular weight is 444 g/mol. The highest BCUT2D eigenvalue weighted by molar-refractivity contribution is 5.98. The van der Waals surface area contributed by atoms with E-state index in [1.54, 1.807) is 11.3 Å². The smallest absolute Gasteiger partial charge is 0.383 e. The van der Waals surface area contributed by atoms with Crippen LogP contribution in [0.4, 0.5) is 13.2 Å². The Balaban J connectivity index is 1.95. The van der Waals surface area contributed by atoms with E-state index in [0.717, 1.165) is 5.56 Å². The molecule has 0 aliphatic heterocycles. The first-order valence-corrected chi connectivity index (χ1v) is 9.70. The monoisotopic (exact) mass is 444 g/mol. The number of hydrogen-bond donors (Lipinski definition) is 1. The molecule has 0 atom stereocenters. The highest BCUT2D eigenvalue weighted by atomic mass is 19.4. The molecule has 0 aliphatic carbocycles. The Morgan fingerprint density at radius 3 is 2.56 bits per heavy atom. The number of methoxy groups -OCH3 is 1. The fraction of sp³-hybridized carbons (Fsp3) is 0.227. The topological polar surface area (TPSA) is 79.7 Å². The van der Waals surface area contributed by atoms with E-state index in [2.05, 4.69) is 9.97 Å². The van der Waals surface area contributed by atoms with Crippen LogP contribution in [0.3, 0.4) is 0 Å². The molecular weight excluding hydrogens is 425 g/mol. The molecule has 0 fully saturated rings. The molecule has 1 N–H and O–H groups in total. The Morgan fingerprint density at radius 2 is 1.91 bits per heavy atom. The van der Waals surface area contributed by atoms with Crippen molar-refractivity contribution in [3.8, 4) is 11.4 Å². The zero-order valence-electron chi connectivity index (χ0n) is 17.2. The summed E-state index contributed by atoms with van der Waals surface area (Å²) < 4.78 is 46.7. The summed E-state index contributed by atoms with van der Waals surface area (Å²) in [5, 5.41) is 0. The first kappa shape index (κ1) is 21.6. The van der Waals surface area contributed by atoms with Crippen molar-refractivity contribution in [2.45, 2.75) is 13.2 Å². The summed E-state index contributed by atoms with van der Waals surface area (Å²) in [6.07, 6.45) is -4.87. The maximum absolute atomic E-state index is 13.5. The number of carbonyl (C=O) groups excluding carboxylic acids is 1. The van der Waals surface area contributed by atoms with E-state index in [4.69, 9.17) is 4.74 Å². The van der Waals surface area contributed by atoms with Crippen LogP contribution in [0, 0.1) is 6.92 Å². The number of aromatic nitrogens is 3. The Labute approximate surface area is 180 Å². The van der Waals surface area contributed by atoms with Crippen LogP contribution >= 0.6 is 0 Å². The molecule has 0 aliphatic rings. The van der Waals surface area contributed by atoms with Crippen molar-refractivity contribution in [2.75, 3.05) is 20.3 Å². The molecule has 4 rings (SSSR count). The maximum atomic E-state index is 13.5. The molecule has 2 heterocycles. The molecule has 1 amide bonds. The number of nitrogens with zero attached hydrogens (tertiary/aromatic N) is 3. The van der Waals surface area contributed by atoms with Gasteiger partial charge in [-0.15, -0.1) is 13.2 Å². The second kappa shape index (κ2) is 8.12. The fourth-order valence-corrected chi connectivity index (χ4v) is 3.63. The minimum absolute atomic E-state index is 0.176. The predicted molar refractivity (Wildman–Crippen MR) is 112 cm³/mol. The molecule has 166 valence electrons. The highest BCUT2D eigenvalue weighted by Crippen LogP contribution is 2.27. The summed E-state index contributed by atoms with van der Waals surface area (Å²) in [7, 11) is 1.26. The van der Waals surface area contributed by atoms with E-state index < -0.39 is 18.8 Å². The number of hydrogen-bond acceptors (Lipinski definition) is 4. The zero-order chi connectivity index (χ0) is 23.0. The molecule has 0 bridgehead atoms. The zero-order valence-corrected chi connectivity index (χ0v) is 17.2. The molecule has 2 aromatic heterocycles. The summed E-state index contributed by atoms with van der Waals surface area (Å²) in [6.45, 7) is 0.764. The van der Waals surface area contributed by atoms with Gasteiger partial charge in [-0.05, 0) is 25.1 Å². The van der Waals surface area contributed by atoms with Gasteiger partial charge in [0.2, 0.25) is 0 Å². The van der Waals surface area contributed by atoms with Crippen molar-refractivity contribution in [1.82, 2.24) is 19.3 Å². The standard InChI is InChI=1S/C22H19F3N4O3/c1-13-18-20(30)27-16-9-8-15(21(31)28(10-11-32-2)22(23,24)25)12-17(16)29(18)19(26-13)14-6-4-3-5-7-14/h3-9,12H,10-11H2,1-2H3,(H,27,30). The summed E-state index contributed by atoms with van der Waals surface area (Å²) in [5.74, 6) is -0.764. The Bertz CT molecular complexity index is 1360. The summed E-state index contributed by atoms with van der Waals surface area (Å²) in [4.78, 5) is 32.5. The van der Waals surface area contributed by atoms with Crippen LogP contribution in [0.2, 0.25) is 0 Å². The quantitative estimate of drug-likeness (QED) is 0.476. The van der Waals surface area contributed by atoms with Crippen LogP contribution in [-0.2, 0) is 4.74 Å². The van der Waals surface area contributed by atoms with Crippen molar-refractivity contribution < 1.29 is 22.7 Å². The minimum atomic E-state index is -4.87. The lowest BCUT2D eigenvalue weighted by atomic mass is 10.1. The lowest BCUT2D eigenvalue weighted by molar-refractivity contribution is -0.226. The SMILES string of the molecule is COCCN(C(=O)c1ccc2[nH]c(=O)c3c(C)nc(-c4ccccc4)n3c2c1)C(F)(F)F. The molecule has 0 radical (unpaired) electrons. The van der Waals surface area contributed by atoms with Crippen LogP contribution in [0.5, 0.6) is 0 Å². The van der Waals surface area contributed by atoms with Crippen molar-refractivity contribution >= 4 is 22.5 Å². The largest absolute Gasteiger partial charge is 0.487 e. The fourth-order valence-electron chi connectivity index (χ4n) is 3.63. The molecule has 10 heteroatoms. The summed E-state index contributed by atoms with van der Waals surface area (Å²) in [6, 6.07) is 13.1. The molecule has 7 nitrogen and oxygen atoms in total. The van der Waals surface area contributed by atoms with Crippen LogP contribution in [-0.4, -0.2) is 51.7 Å². The van der Waals surface area contributed by atoms with E-state index in [1.165, 1.54) is 25.3 Å². The van der Waals surface area contributed by atoms with Crippen LogP contribution < -0.4 is 5.56 Å².